The van der Waals surface area contributed by atoms with Crippen molar-refractivity contribution in [2.45, 2.75) is 97.9 Å². The first kappa shape index (κ1) is 25.7. The van der Waals surface area contributed by atoms with E-state index in [2.05, 4.69) is 72.9 Å². The number of nitrogens with zero attached hydrogens (tertiary/aromatic N) is 2. The Bertz CT molecular complexity index is 982. The number of esters is 1. The molecule has 0 saturated heterocycles. The smallest absolute Gasteiger partial charge is 0.309 e. The van der Waals surface area contributed by atoms with E-state index in [0.29, 0.717) is 18.4 Å². The van der Waals surface area contributed by atoms with Crippen molar-refractivity contribution in [3.8, 4) is 5.69 Å². The summed E-state index contributed by atoms with van der Waals surface area (Å²) in [5.74, 6) is 1.29. The lowest BCUT2D eigenvalue weighted by molar-refractivity contribution is -0.696. The van der Waals surface area contributed by atoms with Crippen LogP contribution in [-0.2, 0) is 16.1 Å². The van der Waals surface area contributed by atoms with E-state index < -0.39 is 0 Å². The summed E-state index contributed by atoms with van der Waals surface area (Å²) in [6.45, 7) is 8.27. The van der Waals surface area contributed by atoms with Crippen LogP contribution in [0.25, 0.3) is 5.69 Å². The maximum atomic E-state index is 12.2. The molecular formula is C31H45N2O2+. The third-order valence-electron chi connectivity index (χ3n) is 7.97. The molecule has 1 fully saturated rings. The van der Waals surface area contributed by atoms with Crippen LogP contribution in [0.15, 0.2) is 43.0 Å². The molecule has 1 aromatic heterocycles. The highest BCUT2D eigenvalue weighted by Gasteiger charge is 2.40. The van der Waals surface area contributed by atoms with E-state index in [1.165, 1.54) is 80.2 Å². The van der Waals surface area contributed by atoms with Gasteiger partial charge in [0.15, 0.2) is 0 Å². The molecule has 3 atom stereocenters. The molecule has 1 aromatic carbocycles. The van der Waals surface area contributed by atoms with E-state index in [4.69, 9.17) is 4.74 Å². The lowest BCUT2D eigenvalue weighted by Crippen LogP contribution is -2.30. The maximum Gasteiger partial charge on any atom is 0.309 e. The van der Waals surface area contributed by atoms with E-state index in [-0.39, 0.29) is 11.9 Å². The molecule has 0 aliphatic heterocycles. The molecule has 2 aliphatic carbocycles. The number of carbonyl (C=O) groups excluding carboxylic acids is 1. The van der Waals surface area contributed by atoms with Gasteiger partial charge in [0, 0.05) is 0 Å². The summed E-state index contributed by atoms with van der Waals surface area (Å²) in [5.41, 5.74) is 5.30. The van der Waals surface area contributed by atoms with Crippen LogP contribution in [0.3, 0.4) is 0 Å². The molecule has 190 valence electrons. The number of imidazole rings is 1. The summed E-state index contributed by atoms with van der Waals surface area (Å²) in [4.78, 5) is 12.2. The average molecular weight is 478 g/mol. The van der Waals surface area contributed by atoms with Crippen LogP contribution in [0.2, 0.25) is 0 Å². The molecule has 0 spiro atoms. The van der Waals surface area contributed by atoms with Gasteiger partial charge in [-0.1, -0.05) is 68.4 Å². The number of aromatic nitrogens is 2. The molecule has 35 heavy (non-hydrogen) atoms. The fraction of sp³-hybridized carbons (Fsp3) is 0.613. The molecular weight excluding hydrogens is 432 g/mol. The molecule has 2 aromatic rings. The number of benzene rings is 1. The van der Waals surface area contributed by atoms with E-state index in [1.807, 2.05) is 0 Å². The monoisotopic (exact) mass is 477 g/mol. The van der Waals surface area contributed by atoms with Gasteiger partial charge >= 0.3 is 5.97 Å². The number of ether oxygens (including phenoxy) is 1. The van der Waals surface area contributed by atoms with Crippen LogP contribution >= 0.6 is 0 Å². The van der Waals surface area contributed by atoms with E-state index in [9.17, 15) is 4.79 Å². The number of unbranched alkanes of at least 4 members (excludes halogenated alkanes) is 8. The Labute approximate surface area is 212 Å². The molecule has 0 N–H and O–H groups in total. The highest BCUT2D eigenvalue weighted by Crippen LogP contribution is 2.43. The third kappa shape index (κ3) is 7.08. The van der Waals surface area contributed by atoms with Crippen molar-refractivity contribution in [2.24, 2.45) is 17.8 Å². The lowest BCUT2D eigenvalue weighted by atomic mass is 9.94. The molecule has 1 heterocycles. The normalized spacial score (nSPS) is 20.6. The number of aryl methyl sites for hydroxylation is 4. The van der Waals surface area contributed by atoms with E-state index >= 15 is 0 Å². The zero-order valence-corrected chi connectivity index (χ0v) is 22.2. The summed E-state index contributed by atoms with van der Waals surface area (Å²) in [5, 5.41) is 0. The van der Waals surface area contributed by atoms with Crippen LogP contribution in [0.5, 0.6) is 0 Å². The SMILES string of the molecule is Cc1cc(C)c(-n2cc[n+](CCCCCCCCCCCOC(=O)[C@H]3C[C@@H]4C=C[C@H]3C4)c2)c(C)c1. The van der Waals surface area contributed by atoms with Crippen LogP contribution < -0.4 is 4.57 Å². The van der Waals surface area contributed by atoms with Crippen molar-refractivity contribution in [3.05, 3.63) is 59.7 Å². The fourth-order valence-electron chi connectivity index (χ4n) is 6.20. The van der Waals surface area contributed by atoms with Gasteiger partial charge in [0.25, 0.3) is 0 Å². The number of hydrogen-bond donors (Lipinski definition) is 0. The first-order valence-electron chi connectivity index (χ1n) is 14.0. The standard InChI is InChI=1S/C31H45N2O2/c1-24-19-25(2)30(26(3)20-24)33-17-16-32(23-33)15-11-9-7-5-4-6-8-10-12-18-35-31(34)29-22-27-13-14-28(29)21-27/h13-14,16-17,19-20,23,27-29H,4-12,15,18,21-22H2,1-3H3/q+1/t27-,28+,29+/m1/s1. The Morgan fingerprint density at radius 2 is 1.57 bits per heavy atom. The molecule has 4 rings (SSSR count). The first-order chi connectivity index (χ1) is 17.0. The molecule has 2 bridgehead atoms. The third-order valence-corrected chi connectivity index (χ3v) is 7.97. The molecule has 1 saturated carbocycles. The van der Waals surface area contributed by atoms with Gasteiger partial charge < -0.3 is 4.74 Å². The van der Waals surface area contributed by atoms with Crippen molar-refractivity contribution in [1.82, 2.24) is 4.57 Å². The summed E-state index contributed by atoms with van der Waals surface area (Å²) >= 11 is 0. The van der Waals surface area contributed by atoms with Gasteiger partial charge in [0.2, 0.25) is 6.33 Å². The predicted molar refractivity (Wildman–Crippen MR) is 142 cm³/mol. The second kappa shape index (κ2) is 12.6. The van der Waals surface area contributed by atoms with Crippen molar-refractivity contribution >= 4 is 5.97 Å². The molecule has 0 radical (unpaired) electrons. The summed E-state index contributed by atoms with van der Waals surface area (Å²) in [7, 11) is 0. The topological polar surface area (TPSA) is 35.1 Å². The van der Waals surface area contributed by atoms with E-state index in [0.717, 1.165) is 19.4 Å². The minimum atomic E-state index is 0.0527. The zero-order valence-electron chi connectivity index (χ0n) is 22.2. The van der Waals surface area contributed by atoms with Gasteiger partial charge in [-0.05, 0) is 75.8 Å². The second-order valence-corrected chi connectivity index (χ2v) is 11.0. The minimum absolute atomic E-state index is 0.0527. The fourth-order valence-corrected chi connectivity index (χ4v) is 6.20. The molecule has 4 nitrogen and oxygen atoms in total. The minimum Gasteiger partial charge on any atom is -0.465 e. The van der Waals surface area contributed by atoms with E-state index in [1.54, 1.807) is 0 Å². The van der Waals surface area contributed by atoms with Gasteiger partial charge in [0.05, 0.1) is 19.1 Å². The summed E-state index contributed by atoms with van der Waals surface area (Å²) in [6.07, 6.45) is 24.6. The highest BCUT2D eigenvalue weighted by atomic mass is 16.5. The number of allylic oxidation sites excluding steroid dienone is 2. The lowest BCUT2D eigenvalue weighted by Gasteiger charge is -2.16. The Morgan fingerprint density at radius 1 is 0.914 bits per heavy atom. The Morgan fingerprint density at radius 3 is 2.20 bits per heavy atom. The predicted octanol–water partition coefficient (Wildman–Crippen LogP) is 6.96. The maximum absolute atomic E-state index is 12.2. The molecule has 0 amide bonds. The summed E-state index contributed by atoms with van der Waals surface area (Å²) in [6, 6.07) is 4.53. The van der Waals surface area contributed by atoms with Gasteiger partial charge in [-0.25, -0.2) is 9.13 Å². The number of rotatable bonds is 14. The number of hydrogen-bond acceptors (Lipinski definition) is 2. The second-order valence-electron chi connectivity index (χ2n) is 11.0. The van der Waals surface area contributed by atoms with Gasteiger partial charge in [0.1, 0.15) is 18.1 Å². The number of carbonyl (C=O) groups is 1. The van der Waals surface area contributed by atoms with Crippen molar-refractivity contribution in [2.75, 3.05) is 6.61 Å². The molecule has 0 unspecified atom stereocenters. The van der Waals surface area contributed by atoms with Crippen molar-refractivity contribution in [3.63, 3.8) is 0 Å². The van der Waals surface area contributed by atoms with Crippen molar-refractivity contribution in [1.29, 1.82) is 0 Å². The van der Waals surface area contributed by atoms with Gasteiger partial charge in [-0.3, -0.25) is 4.79 Å². The Hall–Kier alpha value is -2.36. The molecule has 2 aliphatic rings. The van der Waals surface area contributed by atoms with Crippen molar-refractivity contribution < 1.29 is 14.1 Å². The largest absolute Gasteiger partial charge is 0.465 e. The summed E-state index contributed by atoms with van der Waals surface area (Å²) < 4.78 is 10.1. The first-order valence-corrected chi connectivity index (χ1v) is 14.0. The van der Waals surface area contributed by atoms with Crippen LogP contribution in [0, 0.1) is 38.5 Å². The quantitative estimate of drug-likeness (QED) is 0.128. The highest BCUT2D eigenvalue weighted by molar-refractivity contribution is 5.74. The van der Waals surface area contributed by atoms with Crippen LogP contribution in [-0.4, -0.2) is 17.1 Å². The Balaban J connectivity index is 0.989. The van der Waals surface area contributed by atoms with Crippen LogP contribution in [0.1, 0.15) is 87.3 Å². The van der Waals surface area contributed by atoms with Crippen LogP contribution in [0.4, 0.5) is 0 Å². The Kier molecular flexibility index (Phi) is 9.23. The average Bonchev–Trinajstić information content (AvgIpc) is 3.57. The zero-order chi connectivity index (χ0) is 24.6. The van der Waals surface area contributed by atoms with Gasteiger partial charge in [-0.2, -0.15) is 0 Å². The van der Waals surface area contributed by atoms with Gasteiger partial charge in [-0.15, -0.1) is 0 Å². The number of fused-ring (bicyclic) bond motifs is 2. The molecule has 4 heteroatoms.